The van der Waals surface area contributed by atoms with E-state index in [-0.39, 0.29) is 6.04 Å². The number of hydrogen-bond acceptors (Lipinski definition) is 4. The van der Waals surface area contributed by atoms with Crippen molar-refractivity contribution in [1.29, 1.82) is 0 Å². The normalized spacial score (nSPS) is 17.2. The predicted octanol–water partition coefficient (Wildman–Crippen LogP) is 5.47. The van der Waals surface area contributed by atoms with Gasteiger partial charge in [0.15, 0.2) is 10.6 Å². The summed E-state index contributed by atoms with van der Waals surface area (Å²) in [5.41, 5.74) is 2.42. The fourth-order valence-electron chi connectivity index (χ4n) is 4.13. The van der Waals surface area contributed by atoms with Gasteiger partial charge < -0.3 is 4.74 Å². The maximum Gasteiger partial charge on any atom is 0.199 e. The largest absolute Gasteiger partial charge is 0.497 e. The van der Waals surface area contributed by atoms with Crippen LogP contribution in [0.2, 0.25) is 0 Å². The number of benzene rings is 2. The number of methoxy groups -OCH3 is 1. The van der Waals surface area contributed by atoms with Gasteiger partial charge >= 0.3 is 0 Å². The molecule has 0 amide bonds. The van der Waals surface area contributed by atoms with Gasteiger partial charge in [0.25, 0.3) is 0 Å². The Morgan fingerprint density at radius 2 is 1.83 bits per heavy atom. The van der Waals surface area contributed by atoms with E-state index in [9.17, 15) is 0 Å². The molecule has 0 saturated carbocycles. The Labute approximate surface area is 177 Å². The molecular formula is C23H28N4OS. The molecule has 0 bridgehead atoms. The van der Waals surface area contributed by atoms with Gasteiger partial charge in [0.1, 0.15) is 5.75 Å². The van der Waals surface area contributed by atoms with Crippen LogP contribution in [0.5, 0.6) is 5.75 Å². The van der Waals surface area contributed by atoms with Crippen LogP contribution >= 0.6 is 12.2 Å². The predicted molar refractivity (Wildman–Crippen MR) is 119 cm³/mol. The zero-order valence-electron chi connectivity index (χ0n) is 17.3. The average Bonchev–Trinajstić information content (AvgIpc) is 3.34. The van der Waals surface area contributed by atoms with Crippen molar-refractivity contribution in [3.63, 3.8) is 0 Å². The molecule has 2 heterocycles. The molecule has 1 atom stereocenters. The Bertz CT molecular complexity index is 1010. The van der Waals surface area contributed by atoms with Crippen LogP contribution in [-0.4, -0.2) is 32.9 Å². The maximum absolute atomic E-state index is 5.84. The molecule has 2 aromatic carbocycles. The molecule has 1 fully saturated rings. The fourth-order valence-corrected chi connectivity index (χ4v) is 4.53. The molecule has 1 saturated heterocycles. The summed E-state index contributed by atoms with van der Waals surface area (Å²) < 4.78 is 10.2. The summed E-state index contributed by atoms with van der Waals surface area (Å²) in [6, 6.07) is 19.4. The van der Waals surface area contributed by atoms with E-state index < -0.39 is 0 Å². The first-order chi connectivity index (χ1) is 14.1. The van der Waals surface area contributed by atoms with Crippen LogP contribution < -0.4 is 4.74 Å². The minimum atomic E-state index is 0.233. The van der Waals surface area contributed by atoms with Gasteiger partial charge in [-0.1, -0.05) is 30.3 Å². The highest BCUT2D eigenvalue weighted by atomic mass is 32.1. The molecule has 1 aliphatic heterocycles. The quantitative estimate of drug-likeness (QED) is 0.507. The van der Waals surface area contributed by atoms with Crippen LogP contribution in [0, 0.1) is 4.77 Å². The van der Waals surface area contributed by atoms with Crippen LogP contribution in [0.25, 0.3) is 11.4 Å². The number of ether oxygens (including phenoxy) is 1. The zero-order chi connectivity index (χ0) is 20.4. The molecule has 0 N–H and O–H groups in total. The molecule has 0 radical (unpaired) electrons. The minimum absolute atomic E-state index is 0.233. The van der Waals surface area contributed by atoms with Crippen molar-refractivity contribution in [3.8, 4) is 17.1 Å². The number of hydrogen-bond donors (Lipinski definition) is 0. The molecule has 0 aliphatic carbocycles. The van der Waals surface area contributed by atoms with Crippen LogP contribution in [0.15, 0.2) is 54.6 Å². The third-order valence-corrected chi connectivity index (χ3v) is 6.01. The van der Waals surface area contributed by atoms with Gasteiger partial charge in [-0.05, 0) is 68.7 Å². The molecule has 5 nitrogen and oxygen atoms in total. The number of aromatic nitrogens is 3. The van der Waals surface area contributed by atoms with Crippen molar-refractivity contribution in [2.75, 3.05) is 13.7 Å². The summed E-state index contributed by atoms with van der Waals surface area (Å²) in [5.74, 6) is 1.74. The van der Waals surface area contributed by atoms with Crippen molar-refractivity contribution < 1.29 is 4.74 Å². The lowest BCUT2D eigenvalue weighted by Crippen LogP contribution is -2.27. The summed E-state index contributed by atoms with van der Waals surface area (Å²) in [4.78, 5) is 2.49. The van der Waals surface area contributed by atoms with Crippen LogP contribution in [-0.2, 0) is 6.67 Å². The first kappa shape index (κ1) is 19.9. The van der Waals surface area contributed by atoms with Gasteiger partial charge in [0.2, 0.25) is 0 Å². The number of rotatable bonds is 6. The van der Waals surface area contributed by atoms with Gasteiger partial charge in [-0.3, -0.25) is 9.47 Å². The van der Waals surface area contributed by atoms with Gasteiger partial charge in [0.05, 0.1) is 13.8 Å². The monoisotopic (exact) mass is 408 g/mol. The molecule has 1 aromatic heterocycles. The topological polar surface area (TPSA) is 35.2 Å². The molecule has 4 rings (SSSR count). The van der Waals surface area contributed by atoms with E-state index >= 15 is 0 Å². The van der Waals surface area contributed by atoms with Crippen molar-refractivity contribution in [3.05, 3.63) is 64.9 Å². The van der Waals surface area contributed by atoms with E-state index in [1.807, 2.05) is 28.9 Å². The summed E-state index contributed by atoms with van der Waals surface area (Å²) in [5, 5.41) is 4.94. The lowest BCUT2D eigenvalue weighted by molar-refractivity contribution is 0.189. The van der Waals surface area contributed by atoms with E-state index in [0.717, 1.165) is 28.5 Å². The van der Waals surface area contributed by atoms with Gasteiger partial charge in [0, 0.05) is 24.2 Å². The van der Waals surface area contributed by atoms with E-state index in [2.05, 4.69) is 53.6 Å². The van der Waals surface area contributed by atoms with E-state index in [1.165, 1.54) is 18.4 Å². The van der Waals surface area contributed by atoms with Crippen molar-refractivity contribution in [2.24, 2.45) is 0 Å². The maximum atomic E-state index is 5.84. The Morgan fingerprint density at radius 3 is 2.48 bits per heavy atom. The lowest BCUT2D eigenvalue weighted by Gasteiger charge is -2.24. The van der Waals surface area contributed by atoms with Crippen molar-refractivity contribution in [2.45, 2.75) is 45.4 Å². The second-order valence-corrected chi connectivity index (χ2v) is 8.19. The summed E-state index contributed by atoms with van der Waals surface area (Å²) >= 11 is 5.84. The SMILES string of the molecule is COc1ccc(-c2nn(CN3CCC[C@@H]3c3ccccc3)c(=S)n2C(C)C)cc1. The Morgan fingerprint density at radius 1 is 1.10 bits per heavy atom. The Hall–Kier alpha value is -2.44. The highest BCUT2D eigenvalue weighted by molar-refractivity contribution is 7.71. The Kier molecular flexibility index (Phi) is 5.83. The molecule has 0 spiro atoms. The fraction of sp³-hybridized carbons (Fsp3) is 0.391. The molecule has 3 aromatic rings. The number of likely N-dealkylation sites (tertiary alicyclic amines) is 1. The molecule has 1 aliphatic rings. The highest BCUT2D eigenvalue weighted by Crippen LogP contribution is 2.32. The van der Waals surface area contributed by atoms with E-state index in [4.69, 9.17) is 22.1 Å². The molecule has 6 heteroatoms. The van der Waals surface area contributed by atoms with Crippen LogP contribution in [0.3, 0.4) is 0 Å². The third-order valence-electron chi connectivity index (χ3n) is 5.60. The molecule has 29 heavy (non-hydrogen) atoms. The van der Waals surface area contributed by atoms with Crippen molar-refractivity contribution >= 4 is 12.2 Å². The van der Waals surface area contributed by atoms with Crippen molar-refractivity contribution in [1.82, 2.24) is 19.2 Å². The Balaban J connectivity index is 1.66. The number of nitrogens with zero attached hydrogens (tertiary/aromatic N) is 4. The van der Waals surface area contributed by atoms with Gasteiger partial charge in [-0.15, -0.1) is 0 Å². The minimum Gasteiger partial charge on any atom is -0.497 e. The van der Waals surface area contributed by atoms with Crippen LogP contribution in [0.1, 0.15) is 44.3 Å². The standard InChI is InChI=1S/C23H28N4OS/c1-17(2)27-22(19-11-13-20(28-3)14-12-19)24-26(23(27)29)16-25-15-7-10-21(25)18-8-5-4-6-9-18/h4-6,8-9,11-14,17,21H,7,10,15-16H2,1-3H3/t21-/m1/s1. The average molecular weight is 409 g/mol. The molecule has 152 valence electrons. The molecular weight excluding hydrogens is 380 g/mol. The second kappa shape index (κ2) is 8.51. The van der Waals surface area contributed by atoms with E-state index in [0.29, 0.717) is 12.7 Å². The van der Waals surface area contributed by atoms with Gasteiger partial charge in [-0.2, -0.15) is 5.10 Å². The molecule has 0 unspecified atom stereocenters. The second-order valence-electron chi connectivity index (χ2n) is 7.82. The summed E-state index contributed by atoms with van der Waals surface area (Å²) in [6.45, 7) is 6.07. The third kappa shape index (κ3) is 4.00. The summed E-state index contributed by atoms with van der Waals surface area (Å²) in [6.07, 6.45) is 2.37. The summed E-state index contributed by atoms with van der Waals surface area (Å²) in [7, 11) is 1.68. The highest BCUT2D eigenvalue weighted by Gasteiger charge is 2.27. The van der Waals surface area contributed by atoms with E-state index in [1.54, 1.807) is 7.11 Å². The van der Waals surface area contributed by atoms with Gasteiger partial charge in [-0.25, -0.2) is 4.68 Å². The first-order valence-electron chi connectivity index (χ1n) is 10.2. The zero-order valence-corrected chi connectivity index (χ0v) is 18.1. The lowest BCUT2D eigenvalue weighted by atomic mass is 10.1. The van der Waals surface area contributed by atoms with Crippen LogP contribution in [0.4, 0.5) is 0 Å². The smallest absolute Gasteiger partial charge is 0.199 e. The first-order valence-corrected chi connectivity index (χ1v) is 10.6.